The predicted octanol–water partition coefficient (Wildman–Crippen LogP) is 3.61. The molecule has 0 spiro atoms. The van der Waals surface area contributed by atoms with Gasteiger partial charge in [-0.05, 0) is 30.7 Å². The van der Waals surface area contributed by atoms with Gasteiger partial charge < -0.3 is 5.73 Å². The molecule has 2 N–H and O–H groups in total. The van der Waals surface area contributed by atoms with Gasteiger partial charge in [0.1, 0.15) is 17.2 Å². The number of hydrogen-bond acceptors (Lipinski definition) is 3. The molecule has 0 amide bonds. The van der Waals surface area contributed by atoms with Gasteiger partial charge in [0.25, 0.3) is 0 Å². The molecule has 0 aromatic carbocycles. The monoisotopic (exact) mass is 263 g/mol. The summed E-state index contributed by atoms with van der Waals surface area (Å²) in [4.78, 5) is 5.52. The van der Waals surface area contributed by atoms with Gasteiger partial charge in [0.05, 0.1) is 9.21 Å². The first kappa shape index (κ1) is 10.6. The standard InChI is InChI=1S/C12H10ClN3S/c1-7-2-5-10-15-11(12(14)16(10)6-7)8-3-4-9(13)17-8/h2-6H,14H2,1H3. The molecule has 0 bridgehead atoms. The lowest BCUT2D eigenvalue weighted by molar-refractivity contribution is 1.16. The van der Waals surface area contributed by atoms with Crippen LogP contribution < -0.4 is 5.73 Å². The van der Waals surface area contributed by atoms with E-state index in [1.54, 1.807) is 0 Å². The average Bonchev–Trinajstić information content (AvgIpc) is 2.84. The first-order chi connectivity index (χ1) is 8.15. The van der Waals surface area contributed by atoms with Crippen LogP contribution in [0.1, 0.15) is 5.56 Å². The second-order valence-corrected chi connectivity index (χ2v) is 5.60. The largest absolute Gasteiger partial charge is 0.383 e. The number of hydrogen-bond donors (Lipinski definition) is 1. The molecule has 86 valence electrons. The number of rotatable bonds is 1. The molecule has 0 aliphatic heterocycles. The number of fused-ring (bicyclic) bond motifs is 1. The van der Waals surface area contributed by atoms with E-state index in [1.807, 2.05) is 41.8 Å². The summed E-state index contributed by atoms with van der Waals surface area (Å²) in [5.74, 6) is 0.655. The lowest BCUT2D eigenvalue weighted by atomic mass is 10.3. The van der Waals surface area contributed by atoms with Gasteiger partial charge in [-0.15, -0.1) is 11.3 Å². The van der Waals surface area contributed by atoms with Crippen LogP contribution in [-0.2, 0) is 0 Å². The molecule has 0 aliphatic rings. The van der Waals surface area contributed by atoms with Crippen LogP contribution in [-0.4, -0.2) is 9.38 Å². The van der Waals surface area contributed by atoms with Crippen LogP contribution in [0, 0.1) is 6.92 Å². The van der Waals surface area contributed by atoms with E-state index >= 15 is 0 Å². The van der Waals surface area contributed by atoms with Crippen molar-refractivity contribution in [3.05, 3.63) is 40.4 Å². The second kappa shape index (κ2) is 3.75. The first-order valence-corrected chi connectivity index (χ1v) is 6.34. The zero-order chi connectivity index (χ0) is 12.0. The lowest BCUT2D eigenvalue weighted by Crippen LogP contribution is -1.93. The molecule has 0 fully saturated rings. The molecule has 0 unspecified atom stereocenters. The molecule has 3 rings (SSSR count). The molecule has 3 aromatic heterocycles. The summed E-state index contributed by atoms with van der Waals surface area (Å²) in [6.45, 7) is 2.03. The zero-order valence-electron chi connectivity index (χ0n) is 9.14. The van der Waals surface area contributed by atoms with Gasteiger partial charge in [-0.2, -0.15) is 0 Å². The lowest BCUT2D eigenvalue weighted by Gasteiger charge is -1.97. The maximum Gasteiger partial charge on any atom is 0.139 e. The fraction of sp³-hybridized carbons (Fsp3) is 0.0833. The van der Waals surface area contributed by atoms with Crippen molar-refractivity contribution in [2.24, 2.45) is 0 Å². The summed E-state index contributed by atoms with van der Waals surface area (Å²) in [6, 6.07) is 7.78. The summed E-state index contributed by atoms with van der Waals surface area (Å²) in [6.07, 6.45) is 1.98. The SMILES string of the molecule is Cc1ccc2nc(-c3ccc(Cl)s3)c(N)n2c1. The summed E-state index contributed by atoms with van der Waals surface area (Å²) in [5, 5.41) is 0. The van der Waals surface area contributed by atoms with E-state index in [1.165, 1.54) is 11.3 Å². The van der Waals surface area contributed by atoms with Crippen LogP contribution in [0.2, 0.25) is 4.34 Å². The highest BCUT2D eigenvalue weighted by Crippen LogP contribution is 2.34. The van der Waals surface area contributed by atoms with Gasteiger partial charge in [0, 0.05) is 6.20 Å². The Hall–Kier alpha value is -1.52. The Morgan fingerprint density at radius 1 is 1.29 bits per heavy atom. The topological polar surface area (TPSA) is 43.3 Å². The van der Waals surface area contributed by atoms with Crippen molar-refractivity contribution < 1.29 is 0 Å². The van der Waals surface area contributed by atoms with Crippen molar-refractivity contribution in [2.45, 2.75) is 6.92 Å². The smallest absolute Gasteiger partial charge is 0.139 e. The Bertz CT molecular complexity index is 699. The Morgan fingerprint density at radius 2 is 2.12 bits per heavy atom. The van der Waals surface area contributed by atoms with Gasteiger partial charge in [-0.3, -0.25) is 4.40 Å². The van der Waals surface area contributed by atoms with Crippen LogP contribution in [0.25, 0.3) is 16.2 Å². The van der Waals surface area contributed by atoms with E-state index in [2.05, 4.69) is 4.98 Å². The van der Waals surface area contributed by atoms with Gasteiger partial charge >= 0.3 is 0 Å². The number of halogens is 1. The minimum atomic E-state index is 0.655. The minimum Gasteiger partial charge on any atom is -0.383 e. The van der Waals surface area contributed by atoms with E-state index in [0.29, 0.717) is 5.82 Å². The highest BCUT2D eigenvalue weighted by atomic mass is 35.5. The van der Waals surface area contributed by atoms with Gasteiger partial charge in [-0.25, -0.2) is 4.98 Å². The fourth-order valence-electron chi connectivity index (χ4n) is 1.79. The maximum atomic E-state index is 6.11. The second-order valence-electron chi connectivity index (χ2n) is 3.88. The molecule has 0 saturated heterocycles. The van der Waals surface area contributed by atoms with E-state index in [-0.39, 0.29) is 0 Å². The average molecular weight is 264 g/mol. The van der Waals surface area contributed by atoms with Crippen molar-refractivity contribution in [2.75, 3.05) is 5.73 Å². The van der Waals surface area contributed by atoms with Crippen molar-refractivity contribution >= 4 is 34.4 Å². The zero-order valence-corrected chi connectivity index (χ0v) is 10.7. The van der Waals surface area contributed by atoms with E-state index in [9.17, 15) is 0 Å². The molecular formula is C12H10ClN3S. The third-order valence-electron chi connectivity index (χ3n) is 2.61. The number of thiophene rings is 1. The van der Waals surface area contributed by atoms with Crippen LogP contribution in [0.15, 0.2) is 30.5 Å². The number of nitrogen functional groups attached to an aromatic ring is 1. The molecule has 0 aliphatic carbocycles. The number of pyridine rings is 1. The summed E-state index contributed by atoms with van der Waals surface area (Å²) >= 11 is 7.41. The highest BCUT2D eigenvalue weighted by Gasteiger charge is 2.12. The molecule has 0 radical (unpaired) electrons. The summed E-state index contributed by atoms with van der Waals surface area (Å²) in [5.41, 5.74) is 8.92. The molecule has 0 saturated carbocycles. The quantitative estimate of drug-likeness (QED) is 0.729. The number of aryl methyl sites for hydroxylation is 1. The van der Waals surface area contributed by atoms with Crippen molar-refractivity contribution in [1.82, 2.24) is 9.38 Å². The summed E-state index contributed by atoms with van der Waals surface area (Å²) < 4.78 is 2.64. The molecular weight excluding hydrogens is 254 g/mol. The fourth-order valence-corrected chi connectivity index (χ4v) is 2.83. The van der Waals surface area contributed by atoms with Crippen LogP contribution in [0.3, 0.4) is 0 Å². The minimum absolute atomic E-state index is 0.655. The molecule has 5 heteroatoms. The Morgan fingerprint density at radius 3 is 2.82 bits per heavy atom. The maximum absolute atomic E-state index is 6.11. The van der Waals surface area contributed by atoms with Crippen molar-refractivity contribution in [3.63, 3.8) is 0 Å². The van der Waals surface area contributed by atoms with Gasteiger partial charge in [0.15, 0.2) is 0 Å². The van der Waals surface area contributed by atoms with Gasteiger partial charge in [0.2, 0.25) is 0 Å². The normalized spacial score (nSPS) is 11.2. The van der Waals surface area contributed by atoms with Crippen LogP contribution in [0.5, 0.6) is 0 Å². The third-order valence-corrected chi connectivity index (χ3v) is 3.85. The molecule has 0 atom stereocenters. The molecule has 3 heterocycles. The van der Waals surface area contributed by atoms with Crippen LogP contribution in [0.4, 0.5) is 5.82 Å². The Balaban J connectivity index is 2.27. The number of anilines is 1. The Labute approximate surface area is 107 Å². The number of nitrogens with two attached hydrogens (primary N) is 1. The number of nitrogens with zero attached hydrogens (tertiary/aromatic N) is 2. The molecule has 17 heavy (non-hydrogen) atoms. The third kappa shape index (κ3) is 1.69. The van der Waals surface area contributed by atoms with Gasteiger partial charge in [-0.1, -0.05) is 17.7 Å². The predicted molar refractivity (Wildman–Crippen MR) is 72.7 cm³/mol. The molecule has 3 nitrogen and oxygen atoms in total. The van der Waals surface area contributed by atoms with Crippen molar-refractivity contribution in [1.29, 1.82) is 0 Å². The van der Waals surface area contributed by atoms with E-state index in [4.69, 9.17) is 17.3 Å². The Kier molecular flexibility index (Phi) is 2.34. The van der Waals surface area contributed by atoms with E-state index < -0.39 is 0 Å². The number of aromatic nitrogens is 2. The highest BCUT2D eigenvalue weighted by molar-refractivity contribution is 7.19. The summed E-state index contributed by atoms with van der Waals surface area (Å²) in [7, 11) is 0. The van der Waals surface area contributed by atoms with Crippen molar-refractivity contribution in [3.8, 4) is 10.6 Å². The number of imidazole rings is 1. The molecule has 3 aromatic rings. The van der Waals surface area contributed by atoms with Crippen LogP contribution >= 0.6 is 22.9 Å². The first-order valence-electron chi connectivity index (χ1n) is 5.15. The van der Waals surface area contributed by atoms with E-state index in [0.717, 1.165) is 26.1 Å².